The van der Waals surface area contributed by atoms with Gasteiger partial charge in [0.2, 0.25) is 0 Å². The molecule has 0 aliphatic heterocycles. The summed E-state index contributed by atoms with van der Waals surface area (Å²) in [5.41, 5.74) is 6.81. The van der Waals surface area contributed by atoms with Gasteiger partial charge in [0.1, 0.15) is 5.01 Å². The summed E-state index contributed by atoms with van der Waals surface area (Å²) < 4.78 is 0. The van der Waals surface area contributed by atoms with Crippen molar-refractivity contribution >= 4 is 11.3 Å². The number of aromatic nitrogens is 1. The van der Waals surface area contributed by atoms with E-state index in [0.29, 0.717) is 0 Å². The zero-order valence-corrected chi connectivity index (χ0v) is 9.06. The predicted molar refractivity (Wildman–Crippen MR) is 54.8 cm³/mol. The molecule has 0 aromatic carbocycles. The van der Waals surface area contributed by atoms with Crippen molar-refractivity contribution in [3.63, 3.8) is 0 Å². The molecule has 74 valence electrons. The lowest BCUT2D eigenvalue weighted by atomic mass is 10.2. The number of thiazole rings is 1. The fourth-order valence-electron chi connectivity index (χ4n) is 1.13. The molecule has 1 rings (SSSR count). The first-order valence-corrected chi connectivity index (χ1v) is 5.27. The number of nitrogens with zero attached hydrogens (tertiary/aromatic N) is 1. The minimum absolute atomic E-state index is 0.344. The van der Waals surface area contributed by atoms with Gasteiger partial charge in [-0.3, -0.25) is 0 Å². The minimum Gasteiger partial charge on any atom is -0.391 e. The summed E-state index contributed by atoms with van der Waals surface area (Å²) in [5.74, 6) is 0. The van der Waals surface area contributed by atoms with E-state index in [0.717, 1.165) is 17.1 Å². The zero-order chi connectivity index (χ0) is 10.0. The average Bonchev–Trinajstić information content (AvgIpc) is 2.45. The molecule has 0 radical (unpaired) electrons. The van der Waals surface area contributed by atoms with Crippen molar-refractivity contribution in [1.82, 2.24) is 4.98 Å². The molecule has 3 nitrogen and oxygen atoms in total. The number of aliphatic hydroxyl groups is 1. The van der Waals surface area contributed by atoms with Gasteiger partial charge in [-0.25, -0.2) is 4.98 Å². The number of hydrogen-bond acceptors (Lipinski definition) is 4. The van der Waals surface area contributed by atoms with Gasteiger partial charge in [-0.2, -0.15) is 0 Å². The van der Waals surface area contributed by atoms with E-state index in [4.69, 9.17) is 5.73 Å². The van der Waals surface area contributed by atoms with Crippen LogP contribution in [0.1, 0.15) is 35.5 Å². The summed E-state index contributed by atoms with van der Waals surface area (Å²) in [4.78, 5) is 5.59. The number of hydrogen-bond donors (Lipinski definition) is 2. The molecule has 13 heavy (non-hydrogen) atoms. The Morgan fingerprint density at radius 1 is 1.62 bits per heavy atom. The maximum Gasteiger partial charge on any atom is 0.113 e. The van der Waals surface area contributed by atoms with Crippen molar-refractivity contribution < 1.29 is 5.11 Å². The van der Waals surface area contributed by atoms with Crippen molar-refractivity contribution in [2.75, 3.05) is 0 Å². The topological polar surface area (TPSA) is 59.1 Å². The molecule has 1 heterocycles. The van der Waals surface area contributed by atoms with Crippen molar-refractivity contribution in [2.45, 2.75) is 39.3 Å². The Balaban J connectivity index is 2.90. The second-order valence-corrected chi connectivity index (χ2v) is 4.30. The maximum absolute atomic E-state index is 9.29. The van der Waals surface area contributed by atoms with Crippen LogP contribution in [0.5, 0.6) is 0 Å². The molecule has 0 aliphatic carbocycles. The van der Waals surface area contributed by atoms with Gasteiger partial charge in [-0.05, 0) is 20.3 Å². The Kier molecular flexibility index (Phi) is 3.41. The molecular weight excluding hydrogens is 184 g/mol. The fourth-order valence-corrected chi connectivity index (χ4v) is 2.23. The molecule has 0 spiro atoms. The van der Waals surface area contributed by atoms with Crippen LogP contribution in [0, 0.1) is 6.92 Å². The van der Waals surface area contributed by atoms with E-state index < -0.39 is 6.10 Å². The van der Waals surface area contributed by atoms with Gasteiger partial charge < -0.3 is 10.8 Å². The highest BCUT2D eigenvalue weighted by atomic mass is 32.1. The van der Waals surface area contributed by atoms with Gasteiger partial charge >= 0.3 is 0 Å². The molecule has 0 fully saturated rings. The smallest absolute Gasteiger partial charge is 0.113 e. The second-order valence-electron chi connectivity index (χ2n) is 3.18. The predicted octanol–water partition coefficient (Wildman–Crippen LogP) is 1.39. The first-order valence-electron chi connectivity index (χ1n) is 4.46. The molecule has 3 N–H and O–H groups in total. The number of rotatable bonds is 3. The van der Waals surface area contributed by atoms with Crippen LogP contribution in [-0.2, 0) is 6.42 Å². The van der Waals surface area contributed by atoms with Crippen LogP contribution in [-0.4, -0.2) is 16.2 Å². The third-order valence-electron chi connectivity index (χ3n) is 2.04. The molecule has 0 amide bonds. The van der Waals surface area contributed by atoms with Gasteiger partial charge in [-0.1, -0.05) is 6.92 Å². The minimum atomic E-state index is -0.532. The van der Waals surface area contributed by atoms with E-state index >= 15 is 0 Å². The SMILES string of the molecule is CCc1sc([C@H](N)[C@H](C)O)nc1C. The quantitative estimate of drug-likeness (QED) is 0.775. The molecule has 0 bridgehead atoms. The van der Waals surface area contributed by atoms with Gasteiger partial charge in [0.15, 0.2) is 0 Å². The van der Waals surface area contributed by atoms with Crippen LogP contribution < -0.4 is 5.73 Å². The Labute approximate surface area is 82.6 Å². The molecule has 0 aliphatic rings. The van der Waals surface area contributed by atoms with Crippen LogP contribution in [0.4, 0.5) is 0 Å². The normalized spacial score (nSPS) is 15.8. The molecule has 0 unspecified atom stereocenters. The Hall–Kier alpha value is -0.450. The molecular formula is C9H16N2OS. The summed E-state index contributed by atoms with van der Waals surface area (Å²) >= 11 is 1.60. The van der Waals surface area contributed by atoms with Gasteiger partial charge in [0, 0.05) is 4.88 Å². The van der Waals surface area contributed by atoms with E-state index in [-0.39, 0.29) is 6.04 Å². The van der Waals surface area contributed by atoms with Crippen molar-refractivity contribution in [1.29, 1.82) is 0 Å². The summed E-state index contributed by atoms with van der Waals surface area (Å²) in [6.45, 7) is 5.76. The van der Waals surface area contributed by atoms with E-state index in [1.54, 1.807) is 18.3 Å². The van der Waals surface area contributed by atoms with Crippen LogP contribution in [0.15, 0.2) is 0 Å². The molecule has 0 saturated carbocycles. The lowest BCUT2D eigenvalue weighted by Gasteiger charge is -2.10. The molecule has 0 saturated heterocycles. The van der Waals surface area contributed by atoms with Crippen LogP contribution in [0.2, 0.25) is 0 Å². The highest BCUT2D eigenvalue weighted by Crippen LogP contribution is 2.24. The van der Waals surface area contributed by atoms with E-state index in [2.05, 4.69) is 11.9 Å². The lowest BCUT2D eigenvalue weighted by Crippen LogP contribution is -2.22. The van der Waals surface area contributed by atoms with E-state index in [1.165, 1.54) is 4.88 Å². The maximum atomic E-state index is 9.29. The zero-order valence-electron chi connectivity index (χ0n) is 8.24. The van der Waals surface area contributed by atoms with E-state index in [1.807, 2.05) is 6.92 Å². The van der Waals surface area contributed by atoms with Crippen molar-refractivity contribution in [3.8, 4) is 0 Å². The van der Waals surface area contributed by atoms with Crippen LogP contribution in [0.25, 0.3) is 0 Å². The summed E-state index contributed by atoms with van der Waals surface area (Å²) in [6.07, 6.45) is 0.450. The van der Waals surface area contributed by atoms with Gasteiger partial charge in [0.05, 0.1) is 17.8 Å². The van der Waals surface area contributed by atoms with Crippen LogP contribution >= 0.6 is 11.3 Å². The second kappa shape index (κ2) is 4.17. The Bertz CT molecular complexity index is 283. The van der Waals surface area contributed by atoms with Crippen molar-refractivity contribution in [3.05, 3.63) is 15.6 Å². The first kappa shape index (κ1) is 10.6. The number of aliphatic hydroxyl groups excluding tert-OH is 1. The largest absolute Gasteiger partial charge is 0.391 e. The Morgan fingerprint density at radius 3 is 2.62 bits per heavy atom. The monoisotopic (exact) mass is 200 g/mol. The number of nitrogens with two attached hydrogens (primary N) is 1. The fraction of sp³-hybridized carbons (Fsp3) is 0.667. The third kappa shape index (κ3) is 2.27. The van der Waals surface area contributed by atoms with Gasteiger partial charge in [0.25, 0.3) is 0 Å². The molecule has 2 atom stereocenters. The average molecular weight is 200 g/mol. The van der Waals surface area contributed by atoms with Crippen molar-refractivity contribution in [2.24, 2.45) is 5.73 Å². The summed E-state index contributed by atoms with van der Waals surface area (Å²) in [5, 5.41) is 10.1. The highest BCUT2D eigenvalue weighted by Gasteiger charge is 2.17. The lowest BCUT2D eigenvalue weighted by molar-refractivity contribution is 0.164. The third-order valence-corrected chi connectivity index (χ3v) is 3.44. The van der Waals surface area contributed by atoms with Gasteiger partial charge in [-0.15, -0.1) is 11.3 Å². The first-order chi connectivity index (χ1) is 6.06. The molecule has 4 heteroatoms. The number of aryl methyl sites for hydroxylation is 2. The molecule has 1 aromatic rings. The standard InChI is InChI=1S/C9H16N2OS/c1-4-7-5(2)11-9(13-7)8(10)6(3)12/h6,8,12H,4,10H2,1-3H3/t6-,8+/m0/s1. The molecule has 1 aromatic heterocycles. The summed E-state index contributed by atoms with van der Waals surface area (Å²) in [7, 11) is 0. The Morgan fingerprint density at radius 2 is 2.23 bits per heavy atom. The summed E-state index contributed by atoms with van der Waals surface area (Å²) in [6, 6.07) is -0.344. The van der Waals surface area contributed by atoms with E-state index in [9.17, 15) is 5.11 Å². The van der Waals surface area contributed by atoms with Crippen LogP contribution in [0.3, 0.4) is 0 Å². The highest BCUT2D eigenvalue weighted by molar-refractivity contribution is 7.11.